The number of imidazole rings is 1. The fraction of sp³-hybridized carbons (Fsp3) is 0. The van der Waals surface area contributed by atoms with Gasteiger partial charge >= 0.3 is 5.95 Å². The Morgan fingerprint density at radius 1 is 1.78 bits per heavy atom. The molecule has 0 spiro atoms. The molecule has 0 saturated carbocycles. The number of H-pyrrole nitrogens is 1. The van der Waals surface area contributed by atoms with Crippen molar-refractivity contribution in [1.82, 2.24) is 9.97 Å². The average Bonchev–Trinajstić information content (AvgIpc) is 2.12. The molecule has 0 aliphatic carbocycles. The minimum absolute atomic E-state index is 0. The van der Waals surface area contributed by atoms with Crippen LogP contribution in [0.1, 0.15) is 0 Å². The SMILES string of the molecule is O.O=[N+]([O-])c1ncc[nH]1. The number of aromatic nitrogens is 2. The molecule has 1 aromatic rings. The lowest BCUT2D eigenvalue weighted by Gasteiger charge is -1.83. The highest BCUT2D eigenvalue weighted by molar-refractivity contribution is 5.00. The van der Waals surface area contributed by atoms with Crippen molar-refractivity contribution in [3.63, 3.8) is 0 Å². The molecule has 0 aromatic carbocycles. The summed E-state index contributed by atoms with van der Waals surface area (Å²) in [6.07, 6.45) is 2.73. The number of aromatic amines is 1. The Balaban J connectivity index is 0.000000640. The van der Waals surface area contributed by atoms with Crippen LogP contribution in [0.2, 0.25) is 0 Å². The summed E-state index contributed by atoms with van der Waals surface area (Å²) in [7, 11) is 0. The normalized spacial score (nSPS) is 8.00. The summed E-state index contributed by atoms with van der Waals surface area (Å²) in [5, 5.41) is 9.77. The lowest BCUT2D eigenvalue weighted by Crippen LogP contribution is -1.88. The molecule has 0 unspecified atom stereocenters. The Kier molecular flexibility index (Phi) is 2.33. The van der Waals surface area contributed by atoms with Crippen LogP contribution in [-0.4, -0.2) is 20.4 Å². The van der Waals surface area contributed by atoms with Crippen molar-refractivity contribution < 1.29 is 10.4 Å². The van der Waals surface area contributed by atoms with Crippen LogP contribution in [0.3, 0.4) is 0 Å². The Labute approximate surface area is 50.0 Å². The highest BCUT2D eigenvalue weighted by Crippen LogP contribution is 1.96. The van der Waals surface area contributed by atoms with Crippen molar-refractivity contribution >= 4 is 5.95 Å². The maximum atomic E-state index is 9.77. The molecule has 0 atom stereocenters. The van der Waals surface area contributed by atoms with E-state index in [1.165, 1.54) is 12.4 Å². The molecule has 1 aromatic heterocycles. The third-order valence-electron chi connectivity index (χ3n) is 0.657. The molecule has 6 nitrogen and oxygen atoms in total. The molecular weight excluding hydrogens is 126 g/mol. The molecule has 0 fully saturated rings. The lowest BCUT2D eigenvalue weighted by molar-refractivity contribution is -0.393. The number of nitro groups is 1. The first-order valence-electron chi connectivity index (χ1n) is 1.94. The molecule has 0 aliphatic rings. The predicted molar refractivity (Wildman–Crippen MR) is 28.9 cm³/mol. The van der Waals surface area contributed by atoms with Crippen molar-refractivity contribution in [3.05, 3.63) is 22.5 Å². The summed E-state index contributed by atoms with van der Waals surface area (Å²) in [5.74, 6) is -0.218. The Morgan fingerprint density at radius 2 is 2.44 bits per heavy atom. The molecule has 1 heterocycles. The van der Waals surface area contributed by atoms with Crippen LogP contribution in [0, 0.1) is 10.1 Å². The van der Waals surface area contributed by atoms with Crippen LogP contribution in [0.25, 0.3) is 0 Å². The zero-order valence-electron chi connectivity index (χ0n) is 4.37. The second-order valence-corrected chi connectivity index (χ2v) is 1.17. The quantitative estimate of drug-likeness (QED) is 0.410. The third-order valence-corrected chi connectivity index (χ3v) is 0.657. The van der Waals surface area contributed by atoms with Gasteiger partial charge in [0.05, 0.1) is 6.20 Å². The highest BCUT2D eigenvalue weighted by atomic mass is 16.6. The van der Waals surface area contributed by atoms with E-state index in [2.05, 4.69) is 9.97 Å². The van der Waals surface area contributed by atoms with E-state index in [-0.39, 0.29) is 11.4 Å². The molecule has 3 N–H and O–H groups in total. The summed E-state index contributed by atoms with van der Waals surface area (Å²) in [5.41, 5.74) is 0. The van der Waals surface area contributed by atoms with Crippen LogP contribution >= 0.6 is 0 Å². The van der Waals surface area contributed by atoms with Crippen molar-refractivity contribution in [3.8, 4) is 0 Å². The van der Waals surface area contributed by atoms with E-state index in [1.54, 1.807) is 0 Å². The Bertz CT molecular complexity index is 182. The van der Waals surface area contributed by atoms with Gasteiger partial charge in [0.2, 0.25) is 0 Å². The van der Waals surface area contributed by atoms with Gasteiger partial charge in [-0.15, -0.1) is 0 Å². The largest absolute Gasteiger partial charge is 0.432 e. The van der Waals surface area contributed by atoms with E-state index in [0.717, 1.165) is 0 Å². The molecule has 0 radical (unpaired) electrons. The smallest absolute Gasteiger partial charge is 0.412 e. The Morgan fingerprint density at radius 3 is 2.67 bits per heavy atom. The monoisotopic (exact) mass is 131 g/mol. The zero-order chi connectivity index (χ0) is 5.98. The van der Waals surface area contributed by atoms with Crippen LogP contribution in [-0.2, 0) is 0 Å². The molecule has 0 saturated heterocycles. The second-order valence-electron chi connectivity index (χ2n) is 1.17. The zero-order valence-corrected chi connectivity index (χ0v) is 4.37. The van der Waals surface area contributed by atoms with Crippen molar-refractivity contribution in [1.29, 1.82) is 0 Å². The first-order valence-corrected chi connectivity index (χ1v) is 1.94. The van der Waals surface area contributed by atoms with Gasteiger partial charge in [0, 0.05) is 0 Å². The van der Waals surface area contributed by atoms with Crippen LogP contribution in [0.4, 0.5) is 5.95 Å². The van der Waals surface area contributed by atoms with E-state index < -0.39 is 4.92 Å². The van der Waals surface area contributed by atoms with Gasteiger partial charge in [0.25, 0.3) is 0 Å². The van der Waals surface area contributed by atoms with Crippen molar-refractivity contribution in [2.24, 2.45) is 0 Å². The minimum atomic E-state index is -0.583. The number of hydrogen-bond donors (Lipinski definition) is 1. The highest BCUT2D eigenvalue weighted by Gasteiger charge is 2.01. The van der Waals surface area contributed by atoms with E-state index >= 15 is 0 Å². The second kappa shape index (κ2) is 2.78. The standard InChI is InChI=1S/C3H3N3O2.H2O/c7-6(8)3-4-1-2-5-3;/h1-2H,(H,4,5);1H2. The average molecular weight is 131 g/mol. The topological polar surface area (TPSA) is 103 Å². The fourth-order valence-electron chi connectivity index (χ4n) is 0.357. The first kappa shape index (κ1) is 7.57. The van der Waals surface area contributed by atoms with Gasteiger partial charge in [-0.25, -0.2) is 4.98 Å². The molecular formula is C3H5N3O3. The van der Waals surface area contributed by atoms with Crippen LogP contribution in [0.15, 0.2) is 12.4 Å². The Hall–Kier alpha value is -1.43. The van der Waals surface area contributed by atoms with E-state index in [9.17, 15) is 10.1 Å². The first-order chi connectivity index (χ1) is 3.80. The van der Waals surface area contributed by atoms with Gasteiger partial charge in [-0.05, 0) is 4.92 Å². The van der Waals surface area contributed by atoms with Gasteiger partial charge in [0.15, 0.2) is 0 Å². The van der Waals surface area contributed by atoms with Crippen LogP contribution in [0.5, 0.6) is 0 Å². The number of nitrogens with one attached hydrogen (secondary N) is 1. The maximum absolute atomic E-state index is 9.77. The number of nitrogens with zero attached hydrogens (tertiary/aromatic N) is 2. The van der Waals surface area contributed by atoms with Crippen molar-refractivity contribution in [2.45, 2.75) is 0 Å². The summed E-state index contributed by atoms with van der Waals surface area (Å²) in [6, 6.07) is 0. The summed E-state index contributed by atoms with van der Waals surface area (Å²) >= 11 is 0. The molecule has 6 heteroatoms. The van der Waals surface area contributed by atoms with Crippen LogP contribution < -0.4 is 0 Å². The lowest BCUT2D eigenvalue weighted by atomic mass is 11.0. The molecule has 0 amide bonds. The van der Waals surface area contributed by atoms with Gasteiger partial charge in [0.1, 0.15) is 6.20 Å². The molecule has 0 aliphatic heterocycles. The maximum Gasteiger partial charge on any atom is 0.432 e. The number of rotatable bonds is 1. The van der Waals surface area contributed by atoms with Gasteiger partial charge in [-0.1, -0.05) is 4.98 Å². The van der Waals surface area contributed by atoms with E-state index in [1.807, 2.05) is 0 Å². The van der Waals surface area contributed by atoms with Gasteiger partial charge in [-0.3, -0.25) is 0 Å². The molecule has 1 rings (SSSR count). The predicted octanol–water partition coefficient (Wildman–Crippen LogP) is -0.507. The fourth-order valence-corrected chi connectivity index (χ4v) is 0.357. The number of hydrogen-bond acceptors (Lipinski definition) is 3. The molecule has 50 valence electrons. The van der Waals surface area contributed by atoms with E-state index in [4.69, 9.17) is 0 Å². The van der Waals surface area contributed by atoms with Gasteiger partial charge < -0.3 is 15.6 Å². The molecule has 9 heavy (non-hydrogen) atoms. The van der Waals surface area contributed by atoms with Gasteiger partial charge in [-0.2, -0.15) is 0 Å². The third kappa shape index (κ3) is 1.50. The minimum Gasteiger partial charge on any atom is -0.412 e. The summed E-state index contributed by atoms with van der Waals surface area (Å²) < 4.78 is 0. The summed E-state index contributed by atoms with van der Waals surface area (Å²) in [4.78, 5) is 14.9. The van der Waals surface area contributed by atoms with E-state index in [0.29, 0.717) is 0 Å². The summed E-state index contributed by atoms with van der Waals surface area (Å²) in [6.45, 7) is 0. The van der Waals surface area contributed by atoms with Crippen molar-refractivity contribution in [2.75, 3.05) is 0 Å². The molecule has 0 bridgehead atoms.